The van der Waals surface area contributed by atoms with Crippen LogP contribution in [0.3, 0.4) is 0 Å². The van der Waals surface area contributed by atoms with Crippen molar-refractivity contribution in [3.05, 3.63) is 24.5 Å². The van der Waals surface area contributed by atoms with Crippen molar-refractivity contribution in [2.45, 2.75) is 37.8 Å². The molecular weight excluding hydrogens is 270 g/mol. The Hall–Kier alpha value is -1.07. The molecule has 3 rings (SSSR count). The molecule has 0 spiro atoms. The summed E-state index contributed by atoms with van der Waals surface area (Å²) in [5, 5.41) is 4.26. The molecule has 1 aromatic heterocycles. The van der Waals surface area contributed by atoms with Gasteiger partial charge in [0.25, 0.3) is 0 Å². The Morgan fingerprint density at radius 1 is 1.20 bits per heavy atom. The Bertz CT molecular complexity index is 420. The molecule has 0 aliphatic carbocycles. The van der Waals surface area contributed by atoms with Gasteiger partial charge >= 0.3 is 0 Å². The second kappa shape index (κ2) is 6.59. The predicted octanol–water partition coefficient (Wildman–Crippen LogP) is 2.18. The maximum absolute atomic E-state index is 5.61. The monoisotopic (exact) mass is 293 g/mol. The Morgan fingerprint density at radius 2 is 1.95 bits per heavy atom. The van der Waals surface area contributed by atoms with Gasteiger partial charge in [0.15, 0.2) is 5.11 Å². The molecule has 0 amide bonds. The quantitative estimate of drug-likeness (QED) is 0.865. The van der Waals surface area contributed by atoms with Gasteiger partial charge in [-0.05, 0) is 50.0 Å². The van der Waals surface area contributed by atoms with Gasteiger partial charge in [-0.1, -0.05) is 0 Å². The van der Waals surface area contributed by atoms with Crippen LogP contribution in [0, 0.1) is 0 Å². The maximum atomic E-state index is 5.61. The Kier molecular flexibility index (Phi) is 4.58. The minimum absolute atomic E-state index is 0.352. The van der Waals surface area contributed by atoms with Gasteiger partial charge in [0, 0.05) is 44.7 Å². The summed E-state index contributed by atoms with van der Waals surface area (Å²) in [4.78, 5) is 2.30. The molecule has 110 valence electrons. The van der Waals surface area contributed by atoms with Crippen molar-refractivity contribution in [3.63, 3.8) is 0 Å². The van der Waals surface area contributed by atoms with Gasteiger partial charge < -0.3 is 19.5 Å². The summed E-state index contributed by atoms with van der Waals surface area (Å²) in [7, 11) is 0. The molecule has 4 nitrogen and oxygen atoms in total. The van der Waals surface area contributed by atoms with Crippen molar-refractivity contribution < 1.29 is 4.74 Å². The highest BCUT2D eigenvalue weighted by Gasteiger charge is 2.22. The third-order valence-corrected chi connectivity index (χ3v) is 4.71. The molecule has 1 N–H and O–H groups in total. The van der Waals surface area contributed by atoms with E-state index >= 15 is 0 Å². The molecule has 0 bridgehead atoms. The lowest BCUT2D eigenvalue weighted by Crippen LogP contribution is -2.46. The van der Waals surface area contributed by atoms with Gasteiger partial charge in [-0.15, -0.1) is 0 Å². The summed E-state index contributed by atoms with van der Waals surface area (Å²) in [6, 6.07) is 4.82. The summed E-state index contributed by atoms with van der Waals surface area (Å²) in [5.41, 5.74) is 0. The molecule has 0 aromatic carbocycles. The van der Waals surface area contributed by atoms with E-state index in [2.05, 4.69) is 39.3 Å². The van der Waals surface area contributed by atoms with Crippen molar-refractivity contribution in [2.24, 2.45) is 0 Å². The zero-order valence-electron chi connectivity index (χ0n) is 11.8. The second-order valence-electron chi connectivity index (χ2n) is 5.67. The van der Waals surface area contributed by atoms with Crippen molar-refractivity contribution in [1.82, 2.24) is 14.8 Å². The number of nitrogens with one attached hydrogen (secondary N) is 1. The highest BCUT2D eigenvalue weighted by Crippen LogP contribution is 2.22. The fourth-order valence-electron chi connectivity index (χ4n) is 3.08. The number of hydrogen-bond acceptors (Lipinski definition) is 2. The molecule has 5 heteroatoms. The Balaban J connectivity index is 1.42. The van der Waals surface area contributed by atoms with Gasteiger partial charge in [0.2, 0.25) is 0 Å². The summed E-state index contributed by atoms with van der Waals surface area (Å²) in [6.07, 6.45) is 9.34. The zero-order chi connectivity index (χ0) is 13.8. The molecule has 2 fully saturated rings. The minimum Gasteiger partial charge on any atom is -0.376 e. The molecule has 2 saturated heterocycles. The average molecular weight is 293 g/mol. The van der Waals surface area contributed by atoms with Crippen molar-refractivity contribution >= 4 is 17.3 Å². The van der Waals surface area contributed by atoms with Crippen LogP contribution in [0.4, 0.5) is 0 Å². The zero-order valence-corrected chi connectivity index (χ0v) is 12.6. The van der Waals surface area contributed by atoms with Crippen LogP contribution in [0.25, 0.3) is 0 Å². The fraction of sp³-hybridized carbons (Fsp3) is 0.667. The lowest BCUT2D eigenvalue weighted by molar-refractivity contribution is 0.113. The van der Waals surface area contributed by atoms with E-state index in [0.717, 1.165) is 50.6 Å². The number of likely N-dealkylation sites (tertiary alicyclic amines) is 1. The van der Waals surface area contributed by atoms with Crippen LogP contribution in [-0.2, 0) is 4.74 Å². The smallest absolute Gasteiger partial charge is 0.169 e. The Labute approximate surface area is 126 Å². The van der Waals surface area contributed by atoms with E-state index in [9.17, 15) is 0 Å². The van der Waals surface area contributed by atoms with Gasteiger partial charge in [-0.25, -0.2) is 0 Å². The van der Waals surface area contributed by atoms with E-state index in [4.69, 9.17) is 17.0 Å². The highest BCUT2D eigenvalue weighted by atomic mass is 32.1. The topological polar surface area (TPSA) is 29.4 Å². The van der Waals surface area contributed by atoms with Crippen LogP contribution in [0.1, 0.15) is 31.7 Å². The largest absolute Gasteiger partial charge is 0.376 e. The lowest BCUT2D eigenvalue weighted by atomic mass is 10.1. The molecular formula is C15H23N3OS. The summed E-state index contributed by atoms with van der Waals surface area (Å²) >= 11 is 5.50. The molecule has 1 atom stereocenters. The van der Waals surface area contributed by atoms with Gasteiger partial charge in [0.1, 0.15) is 0 Å². The van der Waals surface area contributed by atoms with E-state index in [0.29, 0.717) is 12.1 Å². The standard InChI is InChI=1S/C15H23N3OS/c20-15(16-12-14-4-3-11-19-14)18-9-5-13(6-10-18)17-7-1-2-8-17/h1-2,7-8,13-14H,3-6,9-12H2,(H,16,20)/t14-/m1/s1. The summed E-state index contributed by atoms with van der Waals surface area (Å²) < 4.78 is 7.93. The first kappa shape index (κ1) is 13.9. The number of ether oxygens (including phenoxy) is 1. The molecule has 1 aromatic rings. The van der Waals surface area contributed by atoms with Crippen LogP contribution in [-0.4, -0.2) is 46.9 Å². The first-order valence-electron chi connectivity index (χ1n) is 7.60. The number of thiocarbonyl (C=S) groups is 1. The van der Waals surface area contributed by atoms with Crippen LogP contribution in [0.2, 0.25) is 0 Å². The molecule has 2 aliphatic heterocycles. The van der Waals surface area contributed by atoms with Gasteiger partial charge in [-0.3, -0.25) is 0 Å². The third kappa shape index (κ3) is 3.33. The third-order valence-electron chi connectivity index (χ3n) is 4.31. The number of aromatic nitrogens is 1. The first-order valence-corrected chi connectivity index (χ1v) is 8.00. The number of nitrogens with zero attached hydrogens (tertiary/aromatic N) is 2. The Morgan fingerprint density at radius 3 is 2.60 bits per heavy atom. The normalized spacial score (nSPS) is 24.0. The van der Waals surface area contributed by atoms with Crippen molar-refractivity contribution in [1.29, 1.82) is 0 Å². The molecule has 0 saturated carbocycles. The van der Waals surface area contributed by atoms with Gasteiger partial charge in [0.05, 0.1) is 6.10 Å². The summed E-state index contributed by atoms with van der Waals surface area (Å²) in [5.74, 6) is 0. The van der Waals surface area contributed by atoms with Crippen LogP contribution in [0.15, 0.2) is 24.5 Å². The van der Waals surface area contributed by atoms with E-state index in [1.54, 1.807) is 0 Å². The van der Waals surface area contributed by atoms with Gasteiger partial charge in [-0.2, -0.15) is 0 Å². The highest BCUT2D eigenvalue weighted by molar-refractivity contribution is 7.80. The molecule has 3 heterocycles. The SMILES string of the molecule is S=C(NC[C@H]1CCCO1)N1CCC(n2cccc2)CC1. The predicted molar refractivity (Wildman–Crippen MR) is 83.9 cm³/mol. The molecule has 20 heavy (non-hydrogen) atoms. The molecule has 0 unspecified atom stereocenters. The average Bonchev–Trinajstić information content (AvgIpc) is 3.18. The number of rotatable bonds is 3. The number of piperidine rings is 1. The number of hydrogen-bond donors (Lipinski definition) is 1. The second-order valence-corrected chi connectivity index (χ2v) is 6.06. The van der Waals surface area contributed by atoms with Crippen LogP contribution < -0.4 is 5.32 Å². The van der Waals surface area contributed by atoms with E-state index in [1.165, 1.54) is 6.42 Å². The first-order chi connectivity index (χ1) is 9.83. The summed E-state index contributed by atoms with van der Waals surface area (Å²) in [6.45, 7) is 3.85. The minimum atomic E-state index is 0.352. The lowest BCUT2D eigenvalue weighted by Gasteiger charge is -2.34. The molecule has 0 radical (unpaired) electrons. The van der Waals surface area contributed by atoms with Crippen molar-refractivity contribution in [3.8, 4) is 0 Å². The van der Waals surface area contributed by atoms with Crippen LogP contribution >= 0.6 is 12.2 Å². The van der Waals surface area contributed by atoms with Crippen molar-refractivity contribution in [2.75, 3.05) is 26.2 Å². The fourth-order valence-corrected chi connectivity index (χ4v) is 3.34. The maximum Gasteiger partial charge on any atom is 0.169 e. The van der Waals surface area contributed by atoms with E-state index in [1.807, 2.05) is 0 Å². The molecule has 2 aliphatic rings. The van der Waals surface area contributed by atoms with E-state index < -0.39 is 0 Å². The van der Waals surface area contributed by atoms with Crippen LogP contribution in [0.5, 0.6) is 0 Å². The van der Waals surface area contributed by atoms with E-state index in [-0.39, 0.29) is 0 Å².